The summed E-state index contributed by atoms with van der Waals surface area (Å²) >= 11 is 6.10. The van der Waals surface area contributed by atoms with Crippen LogP contribution in [-0.2, 0) is 28.0 Å². The van der Waals surface area contributed by atoms with Gasteiger partial charge in [-0.25, -0.2) is 8.42 Å². The number of hydrogen-bond acceptors (Lipinski definition) is 4. The highest BCUT2D eigenvalue weighted by atomic mass is 35.5. The predicted octanol–water partition coefficient (Wildman–Crippen LogP) is 4.39. The van der Waals surface area contributed by atoms with Gasteiger partial charge in [0.2, 0.25) is 0 Å². The van der Waals surface area contributed by atoms with Crippen LogP contribution in [0.4, 0.5) is 24.5 Å². The van der Waals surface area contributed by atoms with Gasteiger partial charge < -0.3 is 5.32 Å². The van der Waals surface area contributed by atoms with Gasteiger partial charge in [0, 0.05) is 30.2 Å². The summed E-state index contributed by atoms with van der Waals surface area (Å²) in [5, 5.41) is 7.10. The standard InChI is InChI=1S/C20H14ClF3N4O3S/c1-28-10-16(21)18(26-28)9-15-14-8-13(6-7-17(14)25-19(15)29)32(30,31)27-12-4-2-11(3-5-12)20(22,23)24/h2-10,27H,1H3,(H,25,29). The van der Waals surface area contributed by atoms with E-state index in [1.54, 1.807) is 13.2 Å². The zero-order chi connectivity index (χ0) is 23.3. The molecule has 166 valence electrons. The second-order valence-electron chi connectivity index (χ2n) is 6.94. The largest absolute Gasteiger partial charge is 0.416 e. The number of aromatic nitrogens is 2. The number of carbonyl (C=O) groups is 1. The summed E-state index contributed by atoms with van der Waals surface area (Å²) < 4.78 is 67.4. The van der Waals surface area contributed by atoms with Crippen LogP contribution in [0, 0.1) is 0 Å². The van der Waals surface area contributed by atoms with Crippen molar-refractivity contribution < 1.29 is 26.4 Å². The Morgan fingerprint density at radius 3 is 2.44 bits per heavy atom. The van der Waals surface area contributed by atoms with Crippen LogP contribution in [0.5, 0.6) is 0 Å². The summed E-state index contributed by atoms with van der Waals surface area (Å²) in [6, 6.07) is 7.60. The lowest BCUT2D eigenvalue weighted by atomic mass is 10.1. The summed E-state index contributed by atoms with van der Waals surface area (Å²) in [5.41, 5.74) is 0.304. The Labute approximate surface area is 185 Å². The van der Waals surface area contributed by atoms with Crippen molar-refractivity contribution in [1.29, 1.82) is 0 Å². The van der Waals surface area contributed by atoms with Crippen molar-refractivity contribution >= 4 is 50.6 Å². The fraction of sp³-hybridized carbons (Fsp3) is 0.100. The Morgan fingerprint density at radius 2 is 1.84 bits per heavy atom. The number of sulfonamides is 1. The van der Waals surface area contributed by atoms with Crippen molar-refractivity contribution in [2.75, 3.05) is 10.0 Å². The average molecular weight is 483 g/mol. The number of hydrogen-bond donors (Lipinski definition) is 2. The SMILES string of the molecule is Cn1cc(Cl)c(C=C2C(=O)Nc3ccc(S(=O)(=O)Nc4ccc(C(F)(F)F)cc4)cc32)n1. The minimum absolute atomic E-state index is 0.0382. The average Bonchev–Trinajstić information content (AvgIpc) is 3.18. The first-order valence-corrected chi connectivity index (χ1v) is 10.9. The third-order valence-electron chi connectivity index (χ3n) is 4.64. The van der Waals surface area contributed by atoms with Gasteiger partial charge in [-0.2, -0.15) is 18.3 Å². The number of fused-ring (bicyclic) bond motifs is 1. The van der Waals surface area contributed by atoms with Gasteiger partial charge in [-0.05, 0) is 48.5 Å². The van der Waals surface area contributed by atoms with Crippen LogP contribution >= 0.6 is 11.6 Å². The number of benzene rings is 2. The highest BCUT2D eigenvalue weighted by molar-refractivity contribution is 7.92. The molecule has 0 unspecified atom stereocenters. The molecule has 0 saturated heterocycles. The van der Waals surface area contributed by atoms with E-state index in [2.05, 4.69) is 15.1 Å². The normalized spacial score (nSPS) is 15.0. The van der Waals surface area contributed by atoms with Gasteiger partial charge in [0.05, 0.1) is 21.1 Å². The van der Waals surface area contributed by atoms with E-state index in [-0.39, 0.29) is 16.2 Å². The maximum atomic E-state index is 12.8. The van der Waals surface area contributed by atoms with Crippen molar-refractivity contribution in [2.24, 2.45) is 7.05 Å². The van der Waals surface area contributed by atoms with Gasteiger partial charge in [0.15, 0.2) is 0 Å². The third-order valence-corrected chi connectivity index (χ3v) is 6.31. The van der Waals surface area contributed by atoms with Crippen LogP contribution in [0.1, 0.15) is 16.8 Å². The molecule has 12 heteroatoms. The smallest absolute Gasteiger partial charge is 0.321 e. The van der Waals surface area contributed by atoms with Gasteiger partial charge in [0.1, 0.15) is 5.69 Å². The van der Waals surface area contributed by atoms with E-state index in [0.29, 0.717) is 22.0 Å². The molecule has 0 saturated carbocycles. The van der Waals surface area contributed by atoms with E-state index in [0.717, 1.165) is 24.3 Å². The van der Waals surface area contributed by atoms with Crippen LogP contribution in [0.3, 0.4) is 0 Å². The fourth-order valence-corrected chi connectivity index (χ4v) is 4.45. The van der Waals surface area contributed by atoms with Crippen molar-refractivity contribution in [3.8, 4) is 0 Å². The molecule has 0 atom stereocenters. The predicted molar refractivity (Wildman–Crippen MR) is 113 cm³/mol. The number of rotatable bonds is 4. The van der Waals surface area contributed by atoms with Crippen LogP contribution in [0.2, 0.25) is 5.02 Å². The quantitative estimate of drug-likeness (QED) is 0.539. The number of amides is 1. The first kappa shape index (κ1) is 21.9. The minimum Gasteiger partial charge on any atom is -0.321 e. The summed E-state index contributed by atoms with van der Waals surface area (Å²) in [5.74, 6) is -0.452. The molecule has 32 heavy (non-hydrogen) atoms. The zero-order valence-electron chi connectivity index (χ0n) is 16.2. The Balaban J connectivity index is 1.67. The van der Waals surface area contributed by atoms with Gasteiger partial charge in [-0.1, -0.05) is 11.6 Å². The number of halogens is 4. The van der Waals surface area contributed by atoms with Crippen molar-refractivity contribution in [1.82, 2.24) is 9.78 Å². The number of nitrogens with one attached hydrogen (secondary N) is 2. The van der Waals surface area contributed by atoms with E-state index in [9.17, 15) is 26.4 Å². The molecule has 0 bridgehead atoms. The maximum absolute atomic E-state index is 12.8. The molecule has 4 rings (SSSR count). The van der Waals surface area contributed by atoms with E-state index in [1.165, 1.54) is 29.0 Å². The number of aryl methyl sites for hydroxylation is 1. The second kappa shape index (κ2) is 7.68. The molecule has 1 aliphatic heterocycles. The fourth-order valence-electron chi connectivity index (χ4n) is 3.13. The van der Waals surface area contributed by atoms with Gasteiger partial charge >= 0.3 is 6.18 Å². The minimum atomic E-state index is -4.53. The van der Waals surface area contributed by atoms with Gasteiger partial charge in [0.25, 0.3) is 15.9 Å². The summed E-state index contributed by atoms with van der Waals surface area (Å²) in [6.45, 7) is 0. The van der Waals surface area contributed by atoms with E-state index in [1.807, 2.05) is 0 Å². The van der Waals surface area contributed by atoms with Gasteiger partial charge in [-0.15, -0.1) is 0 Å². The van der Waals surface area contributed by atoms with E-state index in [4.69, 9.17) is 11.6 Å². The van der Waals surface area contributed by atoms with Crippen molar-refractivity contribution in [2.45, 2.75) is 11.1 Å². The molecule has 2 N–H and O–H groups in total. The topological polar surface area (TPSA) is 93.1 Å². The molecule has 0 spiro atoms. The first-order chi connectivity index (χ1) is 14.9. The molecule has 2 heterocycles. The van der Waals surface area contributed by atoms with Crippen molar-refractivity contribution in [3.63, 3.8) is 0 Å². The highest BCUT2D eigenvalue weighted by Crippen LogP contribution is 2.36. The Bertz CT molecular complexity index is 1360. The first-order valence-electron chi connectivity index (χ1n) is 9.01. The molecule has 3 aromatic rings. The highest BCUT2D eigenvalue weighted by Gasteiger charge is 2.30. The summed E-state index contributed by atoms with van der Waals surface area (Å²) in [6.07, 6.45) is -1.53. The van der Waals surface area contributed by atoms with Crippen LogP contribution < -0.4 is 10.0 Å². The molecule has 7 nitrogen and oxygen atoms in total. The number of nitrogens with zero attached hydrogens (tertiary/aromatic N) is 2. The Hall–Kier alpha value is -3.31. The molecule has 0 aliphatic carbocycles. The molecule has 1 aromatic heterocycles. The number of carbonyl (C=O) groups excluding carboxylic acids is 1. The number of alkyl halides is 3. The maximum Gasteiger partial charge on any atom is 0.416 e. The monoisotopic (exact) mass is 482 g/mol. The lowest BCUT2D eigenvalue weighted by molar-refractivity contribution is -0.137. The Morgan fingerprint density at radius 1 is 1.16 bits per heavy atom. The molecule has 1 aliphatic rings. The molecule has 1 amide bonds. The van der Waals surface area contributed by atoms with Crippen LogP contribution in [0.25, 0.3) is 11.6 Å². The molecule has 0 radical (unpaired) electrons. The van der Waals surface area contributed by atoms with Crippen LogP contribution in [-0.4, -0.2) is 24.1 Å². The summed E-state index contributed by atoms with van der Waals surface area (Å²) in [7, 11) is -2.48. The van der Waals surface area contributed by atoms with Crippen LogP contribution in [0.15, 0.2) is 53.6 Å². The van der Waals surface area contributed by atoms with Crippen molar-refractivity contribution in [3.05, 3.63) is 70.5 Å². The third kappa shape index (κ3) is 4.21. The van der Waals surface area contributed by atoms with Gasteiger partial charge in [-0.3, -0.25) is 14.2 Å². The molecule has 2 aromatic carbocycles. The Kier molecular flexibility index (Phi) is 5.25. The lowest BCUT2D eigenvalue weighted by Crippen LogP contribution is -2.13. The number of anilines is 2. The van der Waals surface area contributed by atoms with E-state index >= 15 is 0 Å². The summed E-state index contributed by atoms with van der Waals surface area (Å²) in [4.78, 5) is 12.2. The molecule has 0 fully saturated rings. The lowest BCUT2D eigenvalue weighted by Gasteiger charge is -2.11. The zero-order valence-corrected chi connectivity index (χ0v) is 17.8. The van der Waals surface area contributed by atoms with E-state index < -0.39 is 27.7 Å². The molecular formula is C20H14ClF3N4O3S. The second-order valence-corrected chi connectivity index (χ2v) is 9.03. The molecular weight excluding hydrogens is 469 g/mol.